The number of hydrogen-bond donors (Lipinski definition) is 1. The highest BCUT2D eigenvalue weighted by molar-refractivity contribution is 5.92. The second-order valence-corrected chi connectivity index (χ2v) is 7.23. The summed E-state index contributed by atoms with van der Waals surface area (Å²) < 4.78 is 3.61. The number of aliphatic hydroxyl groups excluding tert-OH is 1. The zero-order chi connectivity index (χ0) is 18.1. The van der Waals surface area contributed by atoms with E-state index >= 15 is 0 Å². The lowest BCUT2D eigenvalue weighted by Gasteiger charge is -2.34. The van der Waals surface area contributed by atoms with E-state index in [1.54, 1.807) is 10.9 Å². The molecule has 7 heteroatoms. The van der Waals surface area contributed by atoms with Gasteiger partial charge in [-0.2, -0.15) is 5.10 Å². The number of carbonyl (C=O) groups excluding carboxylic acids is 1. The molecule has 0 spiro atoms. The van der Waals surface area contributed by atoms with Crippen molar-refractivity contribution in [1.29, 1.82) is 0 Å². The molecule has 0 radical (unpaired) electrons. The van der Waals surface area contributed by atoms with Crippen LogP contribution in [0.3, 0.4) is 0 Å². The van der Waals surface area contributed by atoms with Gasteiger partial charge in [-0.1, -0.05) is 13.8 Å². The Hall–Kier alpha value is -2.15. The van der Waals surface area contributed by atoms with Crippen LogP contribution in [-0.4, -0.2) is 48.3 Å². The van der Waals surface area contributed by atoms with Gasteiger partial charge in [0.25, 0.3) is 5.91 Å². The molecule has 1 aliphatic rings. The van der Waals surface area contributed by atoms with Gasteiger partial charge in [0.2, 0.25) is 0 Å². The van der Waals surface area contributed by atoms with Gasteiger partial charge in [0.05, 0.1) is 0 Å². The van der Waals surface area contributed by atoms with Crippen LogP contribution in [0.25, 0.3) is 0 Å². The molecule has 2 aromatic heterocycles. The van der Waals surface area contributed by atoms with Crippen LogP contribution in [-0.2, 0) is 14.1 Å². The quantitative estimate of drug-likeness (QED) is 0.918. The van der Waals surface area contributed by atoms with Gasteiger partial charge in [-0.15, -0.1) is 0 Å². The third-order valence-corrected chi connectivity index (χ3v) is 5.04. The van der Waals surface area contributed by atoms with E-state index in [9.17, 15) is 9.90 Å². The molecule has 3 heterocycles. The number of carbonyl (C=O) groups is 1. The largest absolute Gasteiger partial charge is 0.385 e. The summed E-state index contributed by atoms with van der Waals surface area (Å²) in [6.45, 7) is 5.41. The van der Waals surface area contributed by atoms with Crippen molar-refractivity contribution in [1.82, 2.24) is 24.2 Å². The van der Waals surface area contributed by atoms with E-state index in [2.05, 4.69) is 23.9 Å². The summed E-state index contributed by atoms with van der Waals surface area (Å²) in [4.78, 5) is 18.9. The van der Waals surface area contributed by atoms with E-state index in [4.69, 9.17) is 0 Å². The summed E-state index contributed by atoms with van der Waals surface area (Å²) in [5.41, 5.74) is 1.53. The van der Waals surface area contributed by atoms with Gasteiger partial charge in [0.15, 0.2) is 5.69 Å². The first-order valence-corrected chi connectivity index (χ1v) is 8.87. The molecule has 7 nitrogen and oxygen atoms in total. The van der Waals surface area contributed by atoms with E-state index in [1.807, 2.05) is 35.8 Å². The van der Waals surface area contributed by atoms with Gasteiger partial charge in [-0.3, -0.25) is 9.48 Å². The smallest absolute Gasteiger partial charge is 0.274 e. The number of imidazole rings is 1. The Kier molecular flexibility index (Phi) is 4.94. The summed E-state index contributed by atoms with van der Waals surface area (Å²) in [5.74, 6) is 0.906. The molecule has 2 unspecified atom stereocenters. The number of nitrogens with zero attached hydrogens (tertiary/aromatic N) is 5. The lowest BCUT2D eigenvalue weighted by molar-refractivity contribution is 0.0354. The van der Waals surface area contributed by atoms with Crippen molar-refractivity contribution in [2.45, 2.75) is 38.7 Å². The van der Waals surface area contributed by atoms with Crippen LogP contribution in [0.1, 0.15) is 60.7 Å². The first-order valence-electron chi connectivity index (χ1n) is 8.87. The molecule has 136 valence electrons. The molecule has 0 aromatic carbocycles. The van der Waals surface area contributed by atoms with Crippen molar-refractivity contribution in [3.63, 3.8) is 0 Å². The molecule has 0 saturated carbocycles. The maximum atomic E-state index is 12.9. The van der Waals surface area contributed by atoms with E-state index in [0.717, 1.165) is 18.5 Å². The van der Waals surface area contributed by atoms with E-state index in [0.29, 0.717) is 30.5 Å². The van der Waals surface area contributed by atoms with Gasteiger partial charge in [0, 0.05) is 51.2 Å². The second kappa shape index (κ2) is 7.00. The topological polar surface area (TPSA) is 76.2 Å². The number of rotatable bonds is 4. The molecule has 1 N–H and O–H groups in total. The van der Waals surface area contributed by atoms with Crippen molar-refractivity contribution in [2.24, 2.45) is 20.0 Å². The zero-order valence-electron chi connectivity index (χ0n) is 15.4. The number of amides is 1. The fraction of sp³-hybridized carbons (Fsp3) is 0.611. The molecular weight excluding hydrogens is 318 g/mol. The van der Waals surface area contributed by atoms with Crippen LogP contribution in [0.15, 0.2) is 18.5 Å². The highest BCUT2D eigenvalue weighted by Gasteiger charge is 2.32. The molecule has 0 bridgehead atoms. The number of hydrogen-bond acceptors (Lipinski definition) is 4. The van der Waals surface area contributed by atoms with E-state index in [1.165, 1.54) is 0 Å². The monoisotopic (exact) mass is 345 g/mol. The average Bonchev–Trinajstić information content (AvgIpc) is 3.19. The number of aryl methyl sites for hydroxylation is 2. The summed E-state index contributed by atoms with van der Waals surface area (Å²) >= 11 is 0. The highest BCUT2D eigenvalue weighted by Crippen LogP contribution is 2.29. The second-order valence-electron chi connectivity index (χ2n) is 7.23. The van der Waals surface area contributed by atoms with E-state index in [-0.39, 0.29) is 11.8 Å². The lowest BCUT2D eigenvalue weighted by atomic mass is 9.91. The predicted octanol–water partition coefficient (Wildman–Crippen LogP) is 1.86. The van der Waals surface area contributed by atoms with Gasteiger partial charge >= 0.3 is 0 Å². The van der Waals surface area contributed by atoms with Crippen molar-refractivity contribution in [3.05, 3.63) is 35.7 Å². The minimum absolute atomic E-state index is 0.00733. The molecule has 2 atom stereocenters. The number of aromatic nitrogens is 4. The van der Waals surface area contributed by atoms with Crippen LogP contribution in [0.4, 0.5) is 0 Å². The Balaban J connectivity index is 1.74. The Morgan fingerprint density at radius 1 is 1.36 bits per heavy atom. The summed E-state index contributed by atoms with van der Waals surface area (Å²) in [7, 11) is 3.74. The van der Waals surface area contributed by atoms with Gasteiger partial charge in [-0.25, -0.2) is 4.98 Å². The molecule has 1 saturated heterocycles. The van der Waals surface area contributed by atoms with Gasteiger partial charge in [-0.05, 0) is 24.8 Å². The molecule has 1 amide bonds. The molecule has 1 aliphatic heterocycles. The third-order valence-electron chi connectivity index (χ3n) is 5.04. The summed E-state index contributed by atoms with van der Waals surface area (Å²) in [6.07, 6.45) is 4.61. The minimum Gasteiger partial charge on any atom is -0.385 e. The van der Waals surface area contributed by atoms with Crippen LogP contribution >= 0.6 is 0 Å². The van der Waals surface area contributed by atoms with Crippen LogP contribution in [0.2, 0.25) is 0 Å². The average molecular weight is 345 g/mol. The van der Waals surface area contributed by atoms with Gasteiger partial charge < -0.3 is 14.6 Å². The third kappa shape index (κ3) is 3.46. The Bertz CT molecular complexity index is 748. The molecule has 2 aromatic rings. The maximum absolute atomic E-state index is 12.9. The zero-order valence-corrected chi connectivity index (χ0v) is 15.4. The van der Waals surface area contributed by atoms with Crippen LogP contribution in [0, 0.1) is 5.92 Å². The maximum Gasteiger partial charge on any atom is 0.274 e. The molecule has 1 fully saturated rings. The number of piperidine rings is 1. The van der Waals surface area contributed by atoms with Crippen LogP contribution in [0.5, 0.6) is 0 Å². The van der Waals surface area contributed by atoms with Crippen molar-refractivity contribution < 1.29 is 9.90 Å². The standard InChI is InChI=1S/C18H27N5O2/c1-12(2)15-10-14(20-22(15)4)18(25)23-8-5-6-13(11-23)16(24)17-19-7-9-21(17)3/h7,9-10,12-13,16,24H,5-6,8,11H2,1-4H3. The number of aliphatic hydroxyl groups is 1. The first kappa shape index (κ1) is 17.7. The Morgan fingerprint density at radius 3 is 2.72 bits per heavy atom. The molecule has 25 heavy (non-hydrogen) atoms. The lowest BCUT2D eigenvalue weighted by Crippen LogP contribution is -2.42. The number of likely N-dealkylation sites (tertiary alicyclic amines) is 1. The first-order chi connectivity index (χ1) is 11.9. The Labute approximate surface area is 148 Å². The fourth-order valence-corrected chi connectivity index (χ4v) is 3.61. The van der Waals surface area contributed by atoms with Crippen molar-refractivity contribution in [3.8, 4) is 0 Å². The molecule has 3 rings (SSSR count). The molecule has 0 aliphatic carbocycles. The fourth-order valence-electron chi connectivity index (χ4n) is 3.61. The Morgan fingerprint density at radius 2 is 2.12 bits per heavy atom. The predicted molar refractivity (Wildman–Crippen MR) is 94.1 cm³/mol. The summed E-state index contributed by atoms with van der Waals surface area (Å²) in [6, 6.07) is 1.88. The van der Waals surface area contributed by atoms with Gasteiger partial charge in [0.1, 0.15) is 11.9 Å². The SMILES string of the molecule is CC(C)c1cc(C(=O)N2CCCC(C(O)c3nccn3C)C2)nn1C. The normalized spacial score (nSPS) is 19.4. The molecular formula is C18H27N5O2. The summed E-state index contributed by atoms with van der Waals surface area (Å²) in [5, 5.41) is 15.1. The van der Waals surface area contributed by atoms with Crippen molar-refractivity contribution in [2.75, 3.05) is 13.1 Å². The van der Waals surface area contributed by atoms with Crippen LogP contribution < -0.4 is 0 Å². The minimum atomic E-state index is -0.662. The van der Waals surface area contributed by atoms with E-state index < -0.39 is 6.10 Å². The van der Waals surface area contributed by atoms with Crippen molar-refractivity contribution >= 4 is 5.91 Å². The highest BCUT2D eigenvalue weighted by atomic mass is 16.3.